The monoisotopic (exact) mass is 329 g/mol. The highest BCUT2D eigenvalue weighted by molar-refractivity contribution is 5.85. The van der Waals surface area contributed by atoms with Gasteiger partial charge in [-0.1, -0.05) is 0 Å². The molecule has 1 saturated carbocycles. The van der Waals surface area contributed by atoms with Gasteiger partial charge in [-0.3, -0.25) is 14.4 Å². The van der Waals surface area contributed by atoms with Crippen LogP contribution in [-0.2, 0) is 19.2 Å². The number of carbonyl (C=O) groups is 3. The summed E-state index contributed by atoms with van der Waals surface area (Å²) in [7, 11) is 1.33. The van der Waals surface area contributed by atoms with Crippen molar-refractivity contribution in [2.45, 2.75) is 58.1 Å². The van der Waals surface area contributed by atoms with Crippen molar-refractivity contribution in [3.63, 3.8) is 0 Å². The number of nitrogens with one attached hydrogen (secondary N) is 3. The molecule has 1 aliphatic rings. The summed E-state index contributed by atoms with van der Waals surface area (Å²) >= 11 is 0. The molecular formula is C15H27N3O5. The molecule has 0 aromatic carbocycles. The summed E-state index contributed by atoms with van der Waals surface area (Å²) in [6.07, 6.45) is 2.32. The normalized spacial score (nSPS) is 21.2. The second-order valence-electron chi connectivity index (χ2n) is 6.64. The van der Waals surface area contributed by atoms with Crippen LogP contribution in [0.2, 0.25) is 0 Å². The van der Waals surface area contributed by atoms with E-state index in [1.165, 1.54) is 7.11 Å². The van der Waals surface area contributed by atoms with Crippen LogP contribution in [0.1, 0.15) is 46.5 Å². The molecule has 0 aliphatic heterocycles. The van der Waals surface area contributed by atoms with Crippen LogP contribution in [0.25, 0.3) is 0 Å². The molecule has 1 fully saturated rings. The first-order chi connectivity index (χ1) is 10.7. The van der Waals surface area contributed by atoms with Crippen LogP contribution >= 0.6 is 0 Å². The number of hydrogen-bond donors (Lipinski definition) is 3. The van der Waals surface area contributed by atoms with Gasteiger partial charge in [-0.15, -0.1) is 0 Å². The maximum absolute atomic E-state index is 12.0. The number of alkyl carbamates (subject to hydrolysis) is 1. The van der Waals surface area contributed by atoms with E-state index in [9.17, 15) is 14.4 Å². The number of carbonyl (C=O) groups excluding carboxylic acids is 3. The van der Waals surface area contributed by atoms with Gasteiger partial charge in [0.1, 0.15) is 5.60 Å². The first-order valence-electron chi connectivity index (χ1n) is 7.80. The lowest BCUT2D eigenvalue weighted by molar-refractivity contribution is -0.134. The first-order valence-corrected chi connectivity index (χ1v) is 7.80. The summed E-state index contributed by atoms with van der Waals surface area (Å²) in [5, 5.41) is 5.41. The van der Waals surface area contributed by atoms with Crippen molar-refractivity contribution in [3.05, 3.63) is 0 Å². The molecule has 0 bridgehead atoms. The summed E-state index contributed by atoms with van der Waals surface area (Å²) in [6, 6.07) is 0.0192. The van der Waals surface area contributed by atoms with E-state index < -0.39 is 17.6 Å². The Balaban J connectivity index is 2.28. The Labute approximate surface area is 136 Å². The van der Waals surface area contributed by atoms with Crippen LogP contribution in [0.3, 0.4) is 0 Å². The molecule has 23 heavy (non-hydrogen) atoms. The van der Waals surface area contributed by atoms with Gasteiger partial charge in [0.05, 0.1) is 13.7 Å². The molecule has 3 N–H and O–H groups in total. The third-order valence-corrected chi connectivity index (χ3v) is 3.46. The summed E-state index contributed by atoms with van der Waals surface area (Å²) in [5.41, 5.74) is 1.61. The quantitative estimate of drug-likeness (QED) is 0.649. The molecular weight excluding hydrogens is 302 g/mol. The SMILES string of the molecule is CONC(=O)CNC(=O)C1CCC(NC(=O)OC(C)(C)C)CC1. The van der Waals surface area contributed by atoms with Crippen LogP contribution < -0.4 is 16.1 Å². The Morgan fingerprint density at radius 3 is 2.22 bits per heavy atom. The van der Waals surface area contributed by atoms with Crippen molar-refractivity contribution in [3.8, 4) is 0 Å². The molecule has 0 radical (unpaired) electrons. The van der Waals surface area contributed by atoms with Crippen LogP contribution in [0.5, 0.6) is 0 Å². The van der Waals surface area contributed by atoms with Gasteiger partial charge in [-0.05, 0) is 46.5 Å². The number of hydroxylamine groups is 1. The lowest BCUT2D eigenvalue weighted by atomic mass is 9.85. The fraction of sp³-hybridized carbons (Fsp3) is 0.800. The van der Waals surface area contributed by atoms with E-state index in [1.54, 1.807) is 0 Å². The maximum Gasteiger partial charge on any atom is 0.407 e. The van der Waals surface area contributed by atoms with Crippen molar-refractivity contribution >= 4 is 17.9 Å². The molecule has 0 aromatic heterocycles. The zero-order valence-electron chi connectivity index (χ0n) is 14.2. The maximum atomic E-state index is 12.0. The second-order valence-corrected chi connectivity index (χ2v) is 6.64. The number of hydrogen-bond acceptors (Lipinski definition) is 5. The predicted molar refractivity (Wildman–Crippen MR) is 83.3 cm³/mol. The highest BCUT2D eigenvalue weighted by Crippen LogP contribution is 2.24. The average molecular weight is 329 g/mol. The number of amides is 3. The third kappa shape index (κ3) is 7.83. The molecule has 3 amide bonds. The summed E-state index contributed by atoms with van der Waals surface area (Å²) in [5.74, 6) is -0.685. The van der Waals surface area contributed by atoms with Gasteiger partial charge in [0.15, 0.2) is 0 Å². The predicted octanol–water partition coefficient (Wildman–Crippen LogP) is 0.864. The zero-order chi connectivity index (χ0) is 17.5. The van der Waals surface area contributed by atoms with Crippen LogP contribution in [0.15, 0.2) is 0 Å². The minimum absolute atomic E-state index is 0.0192. The highest BCUT2D eigenvalue weighted by Gasteiger charge is 2.28. The largest absolute Gasteiger partial charge is 0.444 e. The van der Waals surface area contributed by atoms with Crippen molar-refractivity contribution in [2.24, 2.45) is 5.92 Å². The van der Waals surface area contributed by atoms with Gasteiger partial charge in [0.25, 0.3) is 5.91 Å². The van der Waals surface area contributed by atoms with E-state index in [2.05, 4.69) is 21.0 Å². The van der Waals surface area contributed by atoms with Crippen LogP contribution in [0, 0.1) is 5.92 Å². The molecule has 8 nitrogen and oxygen atoms in total. The minimum atomic E-state index is -0.524. The molecule has 0 saturated heterocycles. The zero-order valence-corrected chi connectivity index (χ0v) is 14.2. The van der Waals surface area contributed by atoms with Gasteiger partial charge >= 0.3 is 6.09 Å². The Bertz CT molecular complexity index is 425. The fourth-order valence-corrected chi connectivity index (χ4v) is 2.44. The smallest absolute Gasteiger partial charge is 0.407 e. The van der Waals surface area contributed by atoms with Crippen molar-refractivity contribution in [1.82, 2.24) is 16.1 Å². The van der Waals surface area contributed by atoms with E-state index in [0.717, 1.165) is 0 Å². The Morgan fingerprint density at radius 2 is 1.70 bits per heavy atom. The topological polar surface area (TPSA) is 106 Å². The van der Waals surface area contributed by atoms with E-state index >= 15 is 0 Å². The first kappa shape index (κ1) is 19.2. The van der Waals surface area contributed by atoms with Crippen LogP contribution in [0.4, 0.5) is 4.79 Å². The highest BCUT2D eigenvalue weighted by atomic mass is 16.6. The molecule has 0 atom stereocenters. The second kappa shape index (κ2) is 8.71. The molecule has 0 unspecified atom stereocenters. The van der Waals surface area contributed by atoms with Crippen molar-refractivity contribution < 1.29 is 24.0 Å². The summed E-state index contributed by atoms with van der Waals surface area (Å²) < 4.78 is 5.22. The van der Waals surface area contributed by atoms with Crippen molar-refractivity contribution in [1.29, 1.82) is 0 Å². The van der Waals surface area contributed by atoms with Gasteiger partial charge < -0.3 is 15.4 Å². The minimum Gasteiger partial charge on any atom is -0.444 e. The Kier molecular flexibility index (Phi) is 7.28. The van der Waals surface area contributed by atoms with E-state index in [4.69, 9.17) is 4.74 Å². The molecule has 8 heteroatoms. The van der Waals surface area contributed by atoms with Gasteiger partial charge in [0, 0.05) is 12.0 Å². The van der Waals surface area contributed by atoms with Gasteiger partial charge in [-0.2, -0.15) is 0 Å². The molecule has 0 aromatic rings. The molecule has 1 aliphatic carbocycles. The van der Waals surface area contributed by atoms with Crippen LogP contribution in [-0.4, -0.2) is 43.2 Å². The van der Waals surface area contributed by atoms with Crippen molar-refractivity contribution in [2.75, 3.05) is 13.7 Å². The van der Waals surface area contributed by atoms with Gasteiger partial charge in [0.2, 0.25) is 5.91 Å². The van der Waals surface area contributed by atoms with Gasteiger partial charge in [-0.25, -0.2) is 10.3 Å². The molecule has 132 valence electrons. The standard InChI is InChI=1S/C15H27N3O5/c1-15(2,3)23-14(21)17-11-7-5-10(6-8-11)13(20)16-9-12(19)18-22-4/h10-11H,5-9H2,1-4H3,(H,16,20)(H,17,21)(H,18,19). The Hall–Kier alpha value is -1.83. The lowest BCUT2D eigenvalue weighted by Crippen LogP contribution is -2.44. The third-order valence-electron chi connectivity index (χ3n) is 3.46. The van der Waals surface area contributed by atoms with E-state index in [-0.39, 0.29) is 24.4 Å². The average Bonchev–Trinajstić information content (AvgIpc) is 2.44. The number of rotatable bonds is 5. The lowest BCUT2D eigenvalue weighted by Gasteiger charge is -2.29. The summed E-state index contributed by atoms with van der Waals surface area (Å²) in [6.45, 7) is 5.33. The molecule has 0 spiro atoms. The molecule has 0 heterocycles. The fourth-order valence-electron chi connectivity index (χ4n) is 2.44. The molecule has 1 rings (SSSR count). The number of ether oxygens (including phenoxy) is 1. The van der Waals surface area contributed by atoms with E-state index in [1.807, 2.05) is 20.8 Å². The van der Waals surface area contributed by atoms with E-state index in [0.29, 0.717) is 25.7 Å². The Morgan fingerprint density at radius 1 is 1.09 bits per heavy atom. The summed E-state index contributed by atoms with van der Waals surface area (Å²) in [4.78, 5) is 39.4.